The van der Waals surface area contributed by atoms with E-state index < -0.39 is 4.92 Å². The van der Waals surface area contributed by atoms with E-state index in [4.69, 9.17) is 4.74 Å². The molecular formula is C20H15IN2O5S. The van der Waals surface area contributed by atoms with Gasteiger partial charge < -0.3 is 4.74 Å². The third-order valence-corrected chi connectivity index (χ3v) is 5.73. The Labute approximate surface area is 184 Å². The molecule has 3 rings (SSSR count). The summed E-state index contributed by atoms with van der Waals surface area (Å²) in [5.74, 6) is 0.328. The van der Waals surface area contributed by atoms with E-state index in [-0.39, 0.29) is 30.0 Å². The molecule has 2 aromatic carbocycles. The van der Waals surface area contributed by atoms with Gasteiger partial charge in [0.15, 0.2) is 0 Å². The predicted octanol–water partition coefficient (Wildman–Crippen LogP) is 5.00. The summed E-state index contributed by atoms with van der Waals surface area (Å²) in [4.78, 5) is 36.0. The van der Waals surface area contributed by atoms with Crippen molar-refractivity contribution >= 4 is 57.3 Å². The minimum Gasteiger partial charge on any atom is -0.488 e. The number of nitrogens with zero attached hydrogens (tertiary/aromatic N) is 2. The number of ether oxygens (including phenoxy) is 1. The molecule has 0 bridgehead atoms. The number of nitro groups is 1. The van der Waals surface area contributed by atoms with E-state index in [9.17, 15) is 19.7 Å². The number of imide groups is 1. The third-order valence-electron chi connectivity index (χ3n) is 3.98. The SMILES string of the molecule is C=CCN1C(=O)S/C(=C/c2ccc(OCc3ccc([N+](=O)[O-])cc3)c(I)c2)C1=O. The summed E-state index contributed by atoms with van der Waals surface area (Å²) in [6, 6.07) is 11.6. The van der Waals surface area contributed by atoms with Gasteiger partial charge in [0.1, 0.15) is 12.4 Å². The number of carbonyl (C=O) groups is 2. The summed E-state index contributed by atoms with van der Waals surface area (Å²) in [6.07, 6.45) is 3.19. The number of halogens is 1. The number of benzene rings is 2. The maximum atomic E-state index is 12.3. The van der Waals surface area contributed by atoms with Crippen LogP contribution in [0.25, 0.3) is 6.08 Å². The van der Waals surface area contributed by atoms with Crippen molar-refractivity contribution in [1.29, 1.82) is 0 Å². The highest BCUT2D eigenvalue weighted by Crippen LogP contribution is 2.33. The number of hydrogen-bond acceptors (Lipinski definition) is 6. The number of thioether (sulfide) groups is 1. The zero-order chi connectivity index (χ0) is 21.0. The number of nitro benzene ring substituents is 1. The highest BCUT2D eigenvalue weighted by Gasteiger charge is 2.34. The predicted molar refractivity (Wildman–Crippen MR) is 119 cm³/mol. The second-order valence-electron chi connectivity index (χ2n) is 5.98. The molecule has 1 fully saturated rings. The van der Waals surface area contributed by atoms with Crippen LogP contribution in [0.1, 0.15) is 11.1 Å². The van der Waals surface area contributed by atoms with Gasteiger partial charge in [-0.1, -0.05) is 12.1 Å². The quantitative estimate of drug-likeness (QED) is 0.167. The van der Waals surface area contributed by atoms with Crippen LogP contribution in [-0.4, -0.2) is 27.5 Å². The lowest BCUT2D eigenvalue weighted by Gasteiger charge is -2.09. The number of carbonyl (C=O) groups excluding carboxylic acids is 2. The first kappa shape index (κ1) is 21.1. The van der Waals surface area contributed by atoms with Crippen LogP contribution in [0.15, 0.2) is 60.0 Å². The Bertz CT molecular complexity index is 1020. The van der Waals surface area contributed by atoms with Crippen LogP contribution >= 0.6 is 34.4 Å². The molecule has 9 heteroatoms. The molecule has 0 aliphatic carbocycles. The van der Waals surface area contributed by atoms with Crippen molar-refractivity contribution in [3.05, 3.63) is 84.8 Å². The van der Waals surface area contributed by atoms with Gasteiger partial charge in [-0.25, -0.2) is 0 Å². The van der Waals surface area contributed by atoms with Crippen LogP contribution in [0.2, 0.25) is 0 Å². The maximum absolute atomic E-state index is 12.3. The second kappa shape index (κ2) is 9.23. The lowest BCUT2D eigenvalue weighted by Crippen LogP contribution is -2.27. The normalized spacial score (nSPS) is 15.1. The van der Waals surface area contributed by atoms with Crippen LogP contribution in [-0.2, 0) is 11.4 Å². The number of rotatable bonds is 7. The molecule has 1 saturated heterocycles. The Kier molecular flexibility index (Phi) is 6.70. The van der Waals surface area contributed by atoms with Crippen molar-refractivity contribution < 1.29 is 19.2 Å². The Morgan fingerprint density at radius 1 is 1.21 bits per heavy atom. The van der Waals surface area contributed by atoms with Gasteiger partial charge in [0.25, 0.3) is 16.8 Å². The van der Waals surface area contributed by atoms with Gasteiger partial charge in [-0.2, -0.15) is 0 Å². The summed E-state index contributed by atoms with van der Waals surface area (Å²) in [5, 5.41) is 10.4. The van der Waals surface area contributed by atoms with Crippen molar-refractivity contribution in [2.45, 2.75) is 6.61 Å². The van der Waals surface area contributed by atoms with Crippen molar-refractivity contribution in [2.24, 2.45) is 0 Å². The molecule has 0 saturated carbocycles. The highest BCUT2D eigenvalue weighted by molar-refractivity contribution is 14.1. The molecule has 0 aromatic heterocycles. The monoisotopic (exact) mass is 522 g/mol. The van der Waals surface area contributed by atoms with Gasteiger partial charge in [-0.3, -0.25) is 24.6 Å². The maximum Gasteiger partial charge on any atom is 0.293 e. The molecule has 0 unspecified atom stereocenters. The summed E-state index contributed by atoms with van der Waals surface area (Å²) < 4.78 is 6.63. The van der Waals surface area contributed by atoms with Crippen LogP contribution in [0.3, 0.4) is 0 Å². The summed E-state index contributed by atoms with van der Waals surface area (Å²) in [6.45, 7) is 4.02. The van der Waals surface area contributed by atoms with Crippen molar-refractivity contribution in [3.8, 4) is 5.75 Å². The van der Waals surface area contributed by atoms with Crippen molar-refractivity contribution in [2.75, 3.05) is 6.54 Å². The van der Waals surface area contributed by atoms with Crippen LogP contribution in [0, 0.1) is 13.7 Å². The molecule has 2 aromatic rings. The number of non-ortho nitro benzene ring substituents is 1. The third kappa shape index (κ3) is 5.04. The fourth-order valence-corrected chi connectivity index (χ4v) is 4.08. The van der Waals surface area contributed by atoms with Crippen LogP contribution in [0.4, 0.5) is 10.5 Å². The van der Waals surface area contributed by atoms with Gasteiger partial charge in [0.05, 0.1) is 13.4 Å². The first-order valence-electron chi connectivity index (χ1n) is 8.41. The molecule has 0 N–H and O–H groups in total. The molecule has 29 heavy (non-hydrogen) atoms. The summed E-state index contributed by atoms with van der Waals surface area (Å²) in [5.41, 5.74) is 1.62. The fraction of sp³-hybridized carbons (Fsp3) is 0.100. The lowest BCUT2D eigenvalue weighted by molar-refractivity contribution is -0.384. The van der Waals surface area contributed by atoms with E-state index in [2.05, 4.69) is 29.2 Å². The van der Waals surface area contributed by atoms with E-state index >= 15 is 0 Å². The molecule has 1 aliphatic rings. The minimum absolute atomic E-state index is 0.0326. The largest absolute Gasteiger partial charge is 0.488 e. The average Bonchev–Trinajstić information content (AvgIpc) is 2.95. The molecule has 1 aliphatic heterocycles. The van der Waals surface area contributed by atoms with Gasteiger partial charge in [0.2, 0.25) is 0 Å². The van der Waals surface area contributed by atoms with Gasteiger partial charge in [-0.05, 0) is 75.8 Å². The first-order valence-corrected chi connectivity index (χ1v) is 10.3. The fourth-order valence-electron chi connectivity index (χ4n) is 2.54. The van der Waals surface area contributed by atoms with Crippen molar-refractivity contribution in [1.82, 2.24) is 4.90 Å². The molecule has 7 nitrogen and oxygen atoms in total. The number of amides is 2. The molecular weight excluding hydrogens is 507 g/mol. The molecule has 148 valence electrons. The summed E-state index contributed by atoms with van der Waals surface area (Å²) >= 11 is 3.04. The van der Waals surface area contributed by atoms with Gasteiger partial charge in [-0.15, -0.1) is 6.58 Å². The smallest absolute Gasteiger partial charge is 0.293 e. The van der Waals surface area contributed by atoms with E-state index in [0.29, 0.717) is 10.7 Å². The minimum atomic E-state index is -0.446. The standard InChI is InChI=1S/C20H15IN2O5S/c1-2-9-22-19(24)18(29-20(22)25)11-14-5-8-17(16(21)10-14)28-12-13-3-6-15(7-4-13)23(26)27/h2-8,10-11H,1,9,12H2/b18-11+. The zero-order valence-corrected chi connectivity index (χ0v) is 18.0. The van der Waals surface area contributed by atoms with Gasteiger partial charge >= 0.3 is 0 Å². The molecule has 0 spiro atoms. The highest BCUT2D eigenvalue weighted by atomic mass is 127. The number of hydrogen-bond donors (Lipinski definition) is 0. The van der Waals surface area contributed by atoms with Crippen LogP contribution in [0.5, 0.6) is 5.75 Å². The van der Waals surface area contributed by atoms with Gasteiger partial charge in [0, 0.05) is 18.7 Å². The molecule has 0 atom stereocenters. The molecule has 0 radical (unpaired) electrons. The first-order chi connectivity index (χ1) is 13.9. The van der Waals surface area contributed by atoms with E-state index in [1.165, 1.54) is 18.2 Å². The Morgan fingerprint density at radius 3 is 2.55 bits per heavy atom. The Morgan fingerprint density at radius 2 is 1.93 bits per heavy atom. The Hall–Kier alpha value is -2.66. The molecule has 2 amide bonds. The van der Waals surface area contributed by atoms with Crippen molar-refractivity contribution in [3.63, 3.8) is 0 Å². The second-order valence-corrected chi connectivity index (χ2v) is 8.14. The Balaban J connectivity index is 1.69. The van der Waals surface area contributed by atoms with E-state index in [0.717, 1.165) is 31.4 Å². The lowest BCUT2D eigenvalue weighted by atomic mass is 10.2. The van der Waals surface area contributed by atoms with E-state index in [1.54, 1.807) is 30.3 Å². The van der Waals surface area contributed by atoms with Crippen LogP contribution < -0.4 is 4.74 Å². The van der Waals surface area contributed by atoms with E-state index in [1.807, 2.05) is 6.07 Å². The summed E-state index contributed by atoms with van der Waals surface area (Å²) in [7, 11) is 0. The zero-order valence-electron chi connectivity index (χ0n) is 15.0. The topological polar surface area (TPSA) is 89.8 Å². The average molecular weight is 522 g/mol. The molecule has 1 heterocycles.